The molecule has 0 spiro atoms. The second-order valence-corrected chi connectivity index (χ2v) is 4.39. The first-order chi connectivity index (χ1) is 5.88. The molecule has 12 heavy (non-hydrogen) atoms. The Hall–Kier alpha value is 0. The number of hydrogen-bond acceptors (Lipinski definition) is 0. The van der Waals surface area contributed by atoms with Crippen LogP contribution in [0.2, 0.25) is 0 Å². The van der Waals surface area contributed by atoms with Crippen molar-refractivity contribution in [3.05, 3.63) is 0 Å². The van der Waals surface area contributed by atoms with E-state index >= 15 is 0 Å². The molecule has 0 aliphatic heterocycles. The third-order valence-corrected chi connectivity index (χ3v) is 3.16. The molecule has 0 saturated heterocycles. The molecule has 72 valence electrons. The van der Waals surface area contributed by atoms with Gasteiger partial charge in [0.2, 0.25) is 0 Å². The Morgan fingerprint density at radius 3 is 2.25 bits per heavy atom. The van der Waals surface area contributed by atoms with Crippen molar-refractivity contribution in [2.24, 2.45) is 11.8 Å². The molecule has 0 aromatic carbocycles. The highest BCUT2D eigenvalue weighted by atomic mass is 14.4. The van der Waals surface area contributed by atoms with Crippen LogP contribution in [-0.4, -0.2) is 0 Å². The van der Waals surface area contributed by atoms with E-state index in [1.165, 1.54) is 44.9 Å². The van der Waals surface area contributed by atoms with E-state index < -0.39 is 0 Å². The molecule has 0 N–H and O–H groups in total. The SMILES string of the molecule is CCCCCCC1CC1CCC. The van der Waals surface area contributed by atoms with Crippen LogP contribution < -0.4 is 0 Å². The van der Waals surface area contributed by atoms with E-state index in [0.717, 1.165) is 11.8 Å². The molecule has 0 radical (unpaired) electrons. The molecule has 0 nitrogen and oxygen atoms in total. The van der Waals surface area contributed by atoms with Gasteiger partial charge < -0.3 is 0 Å². The standard InChI is InChI=1S/C12H24/c1-3-5-6-7-9-12-10-11(12)8-4-2/h11-12H,3-10H2,1-2H3. The molecule has 1 saturated carbocycles. The molecule has 1 rings (SSSR count). The van der Waals surface area contributed by atoms with Crippen LogP contribution in [-0.2, 0) is 0 Å². The van der Waals surface area contributed by atoms with E-state index in [0.29, 0.717) is 0 Å². The van der Waals surface area contributed by atoms with Gasteiger partial charge in [-0.15, -0.1) is 0 Å². The van der Waals surface area contributed by atoms with Crippen LogP contribution in [0, 0.1) is 11.8 Å². The van der Waals surface area contributed by atoms with Crippen molar-refractivity contribution in [3.8, 4) is 0 Å². The fourth-order valence-corrected chi connectivity index (χ4v) is 2.22. The Morgan fingerprint density at radius 2 is 1.58 bits per heavy atom. The molecule has 2 unspecified atom stereocenters. The predicted molar refractivity (Wildman–Crippen MR) is 55.3 cm³/mol. The van der Waals surface area contributed by atoms with E-state index in [2.05, 4.69) is 13.8 Å². The largest absolute Gasteiger partial charge is 0.0654 e. The minimum absolute atomic E-state index is 1.14. The summed E-state index contributed by atoms with van der Waals surface area (Å²) in [5.41, 5.74) is 0. The van der Waals surface area contributed by atoms with Crippen LogP contribution in [0.15, 0.2) is 0 Å². The van der Waals surface area contributed by atoms with Crippen LogP contribution in [0.25, 0.3) is 0 Å². The van der Waals surface area contributed by atoms with Crippen molar-refractivity contribution < 1.29 is 0 Å². The summed E-state index contributed by atoms with van der Waals surface area (Å²) in [6.45, 7) is 4.60. The third kappa shape index (κ3) is 3.60. The van der Waals surface area contributed by atoms with Gasteiger partial charge >= 0.3 is 0 Å². The summed E-state index contributed by atoms with van der Waals surface area (Å²) in [4.78, 5) is 0. The lowest BCUT2D eigenvalue weighted by Crippen LogP contribution is -1.84. The second-order valence-electron chi connectivity index (χ2n) is 4.39. The minimum Gasteiger partial charge on any atom is -0.0654 e. The molecule has 0 aromatic rings. The number of unbranched alkanes of at least 4 members (excludes halogenated alkanes) is 3. The Kier molecular flexibility index (Phi) is 4.72. The fourth-order valence-electron chi connectivity index (χ4n) is 2.22. The average Bonchev–Trinajstić information content (AvgIpc) is 2.79. The van der Waals surface area contributed by atoms with Crippen LogP contribution in [0.5, 0.6) is 0 Å². The van der Waals surface area contributed by atoms with Gasteiger partial charge in [0, 0.05) is 0 Å². The zero-order chi connectivity index (χ0) is 8.81. The monoisotopic (exact) mass is 168 g/mol. The van der Waals surface area contributed by atoms with Crippen molar-refractivity contribution in [1.29, 1.82) is 0 Å². The van der Waals surface area contributed by atoms with E-state index in [4.69, 9.17) is 0 Å². The van der Waals surface area contributed by atoms with E-state index in [9.17, 15) is 0 Å². The predicted octanol–water partition coefficient (Wildman–Crippen LogP) is 4.39. The van der Waals surface area contributed by atoms with Gasteiger partial charge in [-0.05, 0) is 18.3 Å². The van der Waals surface area contributed by atoms with Gasteiger partial charge in [-0.2, -0.15) is 0 Å². The average molecular weight is 168 g/mol. The normalized spacial score (nSPS) is 27.5. The minimum atomic E-state index is 1.14. The first-order valence-electron chi connectivity index (χ1n) is 5.88. The van der Waals surface area contributed by atoms with Gasteiger partial charge in [-0.3, -0.25) is 0 Å². The zero-order valence-electron chi connectivity index (χ0n) is 8.81. The van der Waals surface area contributed by atoms with Crippen molar-refractivity contribution in [1.82, 2.24) is 0 Å². The highest BCUT2D eigenvalue weighted by Gasteiger charge is 2.34. The highest BCUT2D eigenvalue weighted by molar-refractivity contribution is 4.85. The summed E-state index contributed by atoms with van der Waals surface area (Å²) in [6, 6.07) is 0. The lowest BCUT2D eigenvalue weighted by Gasteiger charge is -1.98. The second kappa shape index (κ2) is 5.61. The van der Waals surface area contributed by atoms with Gasteiger partial charge in [0.05, 0.1) is 0 Å². The molecule has 1 aliphatic rings. The quantitative estimate of drug-likeness (QED) is 0.494. The molecule has 0 aromatic heterocycles. The van der Waals surface area contributed by atoms with Crippen molar-refractivity contribution >= 4 is 0 Å². The Morgan fingerprint density at radius 1 is 0.833 bits per heavy atom. The van der Waals surface area contributed by atoms with Gasteiger partial charge in [-0.1, -0.05) is 58.8 Å². The molecule has 0 amide bonds. The highest BCUT2D eigenvalue weighted by Crippen LogP contribution is 2.45. The molecule has 1 aliphatic carbocycles. The fraction of sp³-hybridized carbons (Fsp3) is 1.00. The van der Waals surface area contributed by atoms with E-state index in [-0.39, 0.29) is 0 Å². The van der Waals surface area contributed by atoms with E-state index in [1.54, 1.807) is 6.42 Å². The van der Waals surface area contributed by atoms with Crippen LogP contribution in [0.3, 0.4) is 0 Å². The van der Waals surface area contributed by atoms with Crippen molar-refractivity contribution in [2.45, 2.75) is 65.2 Å². The lowest BCUT2D eigenvalue weighted by molar-refractivity contribution is 0.550. The van der Waals surface area contributed by atoms with Crippen LogP contribution in [0.4, 0.5) is 0 Å². The summed E-state index contributed by atoms with van der Waals surface area (Å²) in [6.07, 6.45) is 11.8. The first kappa shape index (κ1) is 10.1. The third-order valence-electron chi connectivity index (χ3n) is 3.16. The van der Waals surface area contributed by atoms with Crippen LogP contribution in [0.1, 0.15) is 65.2 Å². The first-order valence-corrected chi connectivity index (χ1v) is 5.88. The lowest BCUT2D eigenvalue weighted by atomic mass is 10.1. The van der Waals surface area contributed by atoms with Gasteiger partial charge in [0.15, 0.2) is 0 Å². The summed E-state index contributed by atoms with van der Waals surface area (Å²) in [5.74, 6) is 2.28. The van der Waals surface area contributed by atoms with Gasteiger partial charge in [0.1, 0.15) is 0 Å². The Labute approximate surface area is 77.7 Å². The summed E-state index contributed by atoms with van der Waals surface area (Å²) in [5, 5.41) is 0. The maximum absolute atomic E-state index is 2.31. The number of hydrogen-bond donors (Lipinski definition) is 0. The molecule has 2 atom stereocenters. The summed E-state index contributed by atoms with van der Waals surface area (Å²) >= 11 is 0. The molecular weight excluding hydrogens is 144 g/mol. The zero-order valence-corrected chi connectivity index (χ0v) is 8.81. The van der Waals surface area contributed by atoms with Crippen molar-refractivity contribution in [2.75, 3.05) is 0 Å². The molecule has 0 heterocycles. The Bertz CT molecular complexity index is 107. The van der Waals surface area contributed by atoms with Crippen molar-refractivity contribution in [3.63, 3.8) is 0 Å². The maximum Gasteiger partial charge on any atom is -0.0383 e. The maximum atomic E-state index is 2.31. The van der Waals surface area contributed by atoms with Crippen LogP contribution >= 0.6 is 0 Å². The van der Waals surface area contributed by atoms with Gasteiger partial charge in [0.25, 0.3) is 0 Å². The number of rotatable bonds is 7. The van der Waals surface area contributed by atoms with Gasteiger partial charge in [-0.25, -0.2) is 0 Å². The van der Waals surface area contributed by atoms with E-state index in [1.807, 2.05) is 0 Å². The Balaban J connectivity index is 1.83. The molecular formula is C12H24. The molecule has 1 fully saturated rings. The smallest absolute Gasteiger partial charge is 0.0383 e. The molecule has 0 heteroatoms. The molecule has 0 bridgehead atoms. The summed E-state index contributed by atoms with van der Waals surface area (Å²) < 4.78 is 0. The topological polar surface area (TPSA) is 0 Å². The summed E-state index contributed by atoms with van der Waals surface area (Å²) in [7, 11) is 0.